The zero-order chi connectivity index (χ0) is 12.8. The first-order valence-electron chi connectivity index (χ1n) is 6.15. The molecule has 0 bridgehead atoms. The smallest absolute Gasteiger partial charge is 0.150 e. The molecule has 0 amide bonds. The fourth-order valence-electron chi connectivity index (χ4n) is 1.72. The summed E-state index contributed by atoms with van der Waals surface area (Å²) in [5.41, 5.74) is 1.22. The molecule has 18 heavy (non-hydrogen) atoms. The fraction of sp³-hybridized carbons (Fsp3) is 0.357. The second kappa shape index (κ2) is 6.21. The molecule has 1 atom stereocenters. The zero-order valence-corrected chi connectivity index (χ0v) is 10.7. The van der Waals surface area contributed by atoms with E-state index in [1.165, 1.54) is 5.56 Å². The van der Waals surface area contributed by atoms with Crippen molar-refractivity contribution in [3.05, 3.63) is 47.9 Å². The molecule has 1 aromatic carbocycles. The summed E-state index contributed by atoms with van der Waals surface area (Å²) < 4.78 is 10.5. The number of benzene rings is 1. The van der Waals surface area contributed by atoms with Crippen molar-refractivity contribution in [2.75, 3.05) is 6.61 Å². The lowest BCUT2D eigenvalue weighted by molar-refractivity contribution is 0.340. The quantitative estimate of drug-likeness (QED) is 0.851. The summed E-state index contributed by atoms with van der Waals surface area (Å²) >= 11 is 0. The summed E-state index contributed by atoms with van der Waals surface area (Å²) in [6, 6.07) is 10.2. The molecule has 0 spiro atoms. The van der Waals surface area contributed by atoms with Crippen LogP contribution < -0.4 is 10.1 Å². The average molecular weight is 246 g/mol. The highest BCUT2D eigenvalue weighted by molar-refractivity contribution is 5.28. The molecule has 1 unspecified atom stereocenters. The summed E-state index contributed by atoms with van der Waals surface area (Å²) in [6.45, 7) is 5.47. The van der Waals surface area contributed by atoms with Crippen molar-refractivity contribution in [1.82, 2.24) is 10.5 Å². The van der Waals surface area contributed by atoms with Crippen LogP contribution >= 0.6 is 0 Å². The highest BCUT2D eigenvalue weighted by Gasteiger charge is 2.06. The fourth-order valence-corrected chi connectivity index (χ4v) is 1.72. The van der Waals surface area contributed by atoms with Gasteiger partial charge < -0.3 is 14.6 Å². The van der Waals surface area contributed by atoms with Crippen molar-refractivity contribution in [2.45, 2.75) is 26.4 Å². The molecule has 0 saturated heterocycles. The minimum absolute atomic E-state index is 0.255. The van der Waals surface area contributed by atoms with E-state index in [1.807, 2.05) is 25.1 Å². The maximum atomic E-state index is 5.42. The maximum absolute atomic E-state index is 5.42. The number of ether oxygens (including phenoxy) is 1. The number of nitrogens with zero attached hydrogens (tertiary/aromatic N) is 1. The average Bonchev–Trinajstić information content (AvgIpc) is 2.90. The Morgan fingerprint density at radius 2 is 2.06 bits per heavy atom. The topological polar surface area (TPSA) is 47.3 Å². The van der Waals surface area contributed by atoms with Crippen LogP contribution in [0.2, 0.25) is 0 Å². The van der Waals surface area contributed by atoms with E-state index in [-0.39, 0.29) is 6.04 Å². The zero-order valence-electron chi connectivity index (χ0n) is 10.7. The van der Waals surface area contributed by atoms with Crippen LogP contribution in [0.1, 0.15) is 31.2 Å². The molecule has 0 fully saturated rings. The monoisotopic (exact) mass is 246 g/mol. The van der Waals surface area contributed by atoms with E-state index < -0.39 is 0 Å². The van der Waals surface area contributed by atoms with Crippen molar-refractivity contribution in [3.63, 3.8) is 0 Å². The summed E-state index contributed by atoms with van der Waals surface area (Å²) in [5, 5.41) is 7.05. The van der Waals surface area contributed by atoms with Crippen LogP contribution in [0, 0.1) is 0 Å². The van der Waals surface area contributed by atoms with E-state index in [4.69, 9.17) is 9.26 Å². The highest BCUT2D eigenvalue weighted by atomic mass is 16.5. The summed E-state index contributed by atoms with van der Waals surface area (Å²) in [7, 11) is 0. The molecule has 1 heterocycles. The molecular weight excluding hydrogens is 228 g/mol. The SMILES string of the molecule is CCOc1ccc(C(C)NCc2ccno2)cc1. The molecule has 4 heteroatoms. The largest absolute Gasteiger partial charge is 0.494 e. The Morgan fingerprint density at radius 1 is 1.28 bits per heavy atom. The number of hydrogen-bond acceptors (Lipinski definition) is 4. The molecule has 2 aromatic rings. The van der Waals surface area contributed by atoms with Gasteiger partial charge in [0.05, 0.1) is 19.3 Å². The lowest BCUT2D eigenvalue weighted by Gasteiger charge is -2.13. The lowest BCUT2D eigenvalue weighted by atomic mass is 10.1. The number of hydrogen-bond donors (Lipinski definition) is 1. The Balaban J connectivity index is 1.89. The van der Waals surface area contributed by atoms with Gasteiger partial charge in [0.1, 0.15) is 11.5 Å². The van der Waals surface area contributed by atoms with Gasteiger partial charge in [0.15, 0.2) is 0 Å². The molecule has 4 nitrogen and oxygen atoms in total. The maximum Gasteiger partial charge on any atom is 0.150 e. The van der Waals surface area contributed by atoms with E-state index in [9.17, 15) is 0 Å². The van der Waals surface area contributed by atoms with E-state index in [0.717, 1.165) is 11.5 Å². The van der Waals surface area contributed by atoms with Crippen LogP contribution in [0.25, 0.3) is 0 Å². The molecule has 96 valence electrons. The predicted molar refractivity (Wildman–Crippen MR) is 69.4 cm³/mol. The van der Waals surface area contributed by atoms with Crippen LogP contribution in [0.3, 0.4) is 0 Å². The first-order valence-corrected chi connectivity index (χ1v) is 6.15. The summed E-state index contributed by atoms with van der Waals surface area (Å²) in [5.74, 6) is 1.75. The Labute approximate surface area is 107 Å². The third kappa shape index (κ3) is 3.34. The van der Waals surface area contributed by atoms with Crippen LogP contribution in [-0.2, 0) is 6.54 Å². The van der Waals surface area contributed by atoms with Gasteiger partial charge >= 0.3 is 0 Å². The van der Waals surface area contributed by atoms with E-state index in [1.54, 1.807) is 6.20 Å². The van der Waals surface area contributed by atoms with Gasteiger partial charge in [-0.3, -0.25) is 0 Å². The minimum atomic E-state index is 0.255. The first-order chi connectivity index (χ1) is 8.79. The second-order valence-electron chi connectivity index (χ2n) is 4.08. The Morgan fingerprint density at radius 3 is 2.67 bits per heavy atom. The number of rotatable bonds is 6. The third-order valence-electron chi connectivity index (χ3n) is 2.76. The lowest BCUT2D eigenvalue weighted by Crippen LogP contribution is -2.17. The van der Waals surface area contributed by atoms with E-state index in [2.05, 4.69) is 29.5 Å². The normalized spacial score (nSPS) is 12.3. The molecule has 0 aliphatic heterocycles. The van der Waals surface area contributed by atoms with Gasteiger partial charge in [-0.15, -0.1) is 0 Å². The Hall–Kier alpha value is -1.81. The molecular formula is C14H18N2O2. The first kappa shape index (κ1) is 12.6. The van der Waals surface area contributed by atoms with Gasteiger partial charge in [0.2, 0.25) is 0 Å². The molecule has 1 N–H and O–H groups in total. The van der Waals surface area contributed by atoms with Crippen LogP contribution in [0.4, 0.5) is 0 Å². The minimum Gasteiger partial charge on any atom is -0.494 e. The molecule has 0 aliphatic rings. The molecule has 1 aromatic heterocycles. The number of aromatic nitrogens is 1. The molecule has 0 saturated carbocycles. The van der Waals surface area contributed by atoms with Gasteiger partial charge in [0.25, 0.3) is 0 Å². The standard InChI is InChI=1S/C14H18N2O2/c1-3-17-13-6-4-12(5-7-13)11(2)15-10-14-8-9-16-18-14/h4-9,11,15H,3,10H2,1-2H3. The summed E-state index contributed by atoms with van der Waals surface area (Å²) in [4.78, 5) is 0. The van der Waals surface area contributed by atoms with Crippen molar-refractivity contribution < 1.29 is 9.26 Å². The van der Waals surface area contributed by atoms with Crippen molar-refractivity contribution in [1.29, 1.82) is 0 Å². The molecule has 2 rings (SSSR count). The predicted octanol–water partition coefficient (Wildman–Crippen LogP) is 2.92. The van der Waals surface area contributed by atoms with Gasteiger partial charge in [-0.25, -0.2) is 0 Å². The van der Waals surface area contributed by atoms with Crippen LogP contribution in [0.15, 0.2) is 41.1 Å². The molecule has 0 radical (unpaired) electrons. The van der Waals surface area contributed by atoms with E-state index in [0.29, 0.717) is 13.2 Å². The van der Waals surface area contributed by atoms with Crippen molar-refractivity contribution in [3.8, 4) is 5.75 Å². The molecule has 0 aliphatic carbocycles. The van der Waals surface area contributed by atoms with Crippen molar-refractivity contribution in [2.24, 2.45) is 0 Å². The van der Waals surface area contributed by atoms with Crippen molar-refractivity contribution >= 4 is 0 Å². The van der Waals surface area contributed by atoms with Crippen LogP contribution in [-0.4, -0.2) is 11.8 Å². The van der Waals surface area contributed by atoms with Crippen LogP contribution in [0.5, 0.6) is 5.75 Å². The van der Waals surface area contributed by atoms with E-state index >= 15 is 0 Å². The van der Waals surface area contributed by atoms with Gasteiger partial charge in [0, 0.05) is 12.1 Å². The van der Waals surface area contributed by atoms with Gasteiger partial charge in [-0.05, 0) is 31.5 Å². The second-order valence-corrected chi connectivity index (χ2v) is 4.08. The highest BCUT2D eigenvalue weighted by Crippen LogP contribution is 2.17. The Bertz CT molecular complexity index is 451. The van der Waals surface area contributed by atoms with Gasteiger partial charge in [-0.2, -0.15) is 0 Å². The van der Waals surface area contributed by atoms with Gasteiger partial charge in [-0.1, -0.05) is 17.3 Å². The summed E-state index contributed by atoms with van der Waals surface area (Å²) in [6.07, 6.45) is 1.65. The number of nitrogens with one attached hydrogen (secondary N) is 1. The Kier molecular flexibility index (Phi) is 4.36. The third-order valence-corrected chi connectivity index (χ3v) is 2.76.